The first-order valence-electron chi connectivity index (χ1n) is 7.83. The van der Waals surface area contributed by atoms with Gasteiger partial charge in [0.05, 0.1) is 6.61 Å². The van der Waals surface area contributed by atoms with E-state index in [0.29, 0.717) is 12.1 Å². The van der Waals surface area contributed by atoms with Gasteiger partial charge < -0.3 is 15.0 Å². The molecule has 20 heavy (non-hydrogen) atoms. The zero-order valence-corrected chi connectivity index (χ0v) is 13.1. The molecular formula is C17H28N2O. The summed E-state index contributed by atoms with van der Waals surface area (Å²) in [5.74, 6) is 0. The molecule has 0 spiro atoms. The lowest BCUT2D eigenvalue weighted by Gasteiger charge is -2.40. The standard InChI is InChI=1S/C17H28N2O/c1-4-18-16-9-11-19(14(2)13-16)17-8-6-5-7-15(17)10-12-20-3/h5-8,14,16,18H,4,9-13H2,1-3H3. The molecule has 0 bridgehead atoms. The molecule has 112 valence electrons. The molecule has 1 fully saturated rings. The van der Waals surface area contributed by atoms with Crippen molar-refractivity contribution in [2.45, 2.75) is 45.2 Å². The third-order valence-corrected chi connectivity index (χ3v) is 4.25. The summed E-state index contributed by atoms with van der Waals surface area (Å²) in [5.41, 5.74) is 2.80. The molecule has 0 aliphatic carbocycles. The first-order valence-corrected chi connectivity index (χ1v) is 7.83. The summed E-state index contributed by atoms with van der Waals surface area (Å²) in [4.78, 5) is 2.57. The fourth-order valence-corrected chi connectivity index (χ4v) is 3.22. The molecule has 3 nitrogen and oxygen atoms in total. The number of methoxy groups -OCH3 is 1. The monoisotopic (exact) mass is 276 g/mol. The third kappa shape index (κ3) is 3.74. The topological polar surface area (TPSA) is 24.5 Å². The largest absolute Gasteiger partial charge is 0.384 e. The van der Waals surface area contributed by atoms with Gasteiger partial charge in [0.25, 0.3) is 0 Å². The van der Waals surface area contributed by atoms with E-state index >= 15 is 0 Å². The van der Waals surface area contributed by atoms with Gasteiger partial charge in [-0.15, -0.1) is 0 Å². The molecule has 2 unspecified atom stereocenters. The van der Waals surface area contributed by atoms with Gasteiger partial charge in [-0.3, -0.25) is 0 Å². The van der Waals surface area contributed by atoms with Crippen molar-refractivity contribution >= 4 is 5.69 Å². The van der Waals surface area contributed by atoms with Gasteiger partial charge in [0, 0.05) is 31.4 Å². The lowest BCUT2D eigenvalue weighted by Crippen LogP contribution is -2.47. The fraction of sp³-hybridized carbons (Fsp3) is 0.647. The molecule has 1 aliphatic rings. The number of nitrogens with one attached hydrogen (secondary N) is 1. The molecule has 1 aromatic carbocycles. The second kappa shape index (κ2) is 7.65. The van der Waals surface area contributed by atoms with Gasteiger partial charge >= 0.3 is 0 Å². The molecule has 1 heterocycles. The maximum absolute atomic E-state index is 5.24. The Morgan fingerprint density at radius 3 is 2.85 bits per heavy atom. The average Bonchev–Trinajstić information content (AvgIpc) is 2.46. The van der Waals surface area contributed by atoms with Crippen molar-refractivity contribution < 1.29 is 4.74 Å². The van der Waals surface area contributed by atoms with E-state index in [-0.39, 0.29) is 0 Å². The Hall–Kier alpha value is -1.06. The van der Waals surface area contributed by atoms with E-state index in [0.717, 1.165) is 26.1 Å². The van der Waals surface area contributed by atoms with E-state index in [4.69, 9.17) is 4.74 Å². The molecule has 0 aromatic heterocycles. The van der Waals surface area contributed by atoms with Crippen LogP contribution >= 0.6 is 0 Å². The molecule has 0 radical (unpaired) electrons. The SMILES string of the molecule is CCNC1CCN(c2ccccc2CCOC)C(C)C1. The minimum atomic E-state index is 0.594. The molecule has 1 aliphatic heterocycles. The van der Waals surface area contributed by atoms with Gasteiger partial charge in [-0.05, 0) is 44.4 Å². The van der Waals surface area contributed by atoms with Crippen molar-refractivity contribution in [1.82, 2.24) is 5.32 Å². The zero-order valence-electron chi connectivity index (χ0n) is 13.1. The lowest BCUT2D eigenvalue weighted by molar-refractivity contribution is 0.202. The summed E-state index contributed by atoms with van der Waals surface area (Å²) in [7, 11) is 1.77. The molecule has 2 rings (SSSR count). The minimum Gasteiger partial charge on any atom is -0.384 e. The highest BCUT2D eigenvalue weighted by molar-refractivity contribution is 5.55. The highest BCUT2D eigenvalue weighted by Gasteiger charge is 2.26. The summed E-state index contributed by atoms with van der Waals surface area (Å²) in [6, 6.07) is 10.0. The second-order valence-electron chi connectivity index (χ2n) is 5.69. The molecule has 1 saturated heterocycles. The van der Waals surface area contributed by atoms with Crippen LogP contribution in [0.1, 0.15) is 32.3 Å². The van der Waals surface area contributed by atoms with Gasteiger partial charge in [0.2, 0.25) is 0 Å². The van der Waals surface area contributed by atoms with Crippen LogP contribution < -0.4 is 10.2 Å². The van der Waals surface area contributed by atoms with Crippen LogP contribution in [0.4, 0.5) is 5.69 Å². The van der Waals surface area contributed by atoms with E-state index in [1.165, 1.54) is 24.1 Å². The molecule has 0 amide bonds. The number of para-hydroxylation sites is 1. The number of ether oxygens (including phenoxy) is 1. The number of anilines is 1. The number of hydrogen-bond acceptors (Lipinski definition) is 3. The van der Waals surface area contributed by atoms with E-state index in [9.17, 15) is 0 Å². The van der Waals surface area contributed by atoms with Crippen molar-refractivity contribution in [3.8, 4) is 0 Å². The van der Waals surface area contributed by atoms with Crippen LogP contribution in [0.5, 0.6) is 0 Å². The summed E-state index contributed by atoms with van der Waals surface area (Å²) >= 11 is 0. The van der Waals surface area contributed by atoms with Gasteiger partial charge in [0.15, 0.2) is 0 Å². The molecular weight excluding hydrogens is 248 g/mol. The Bertz CT molecular complexity index is 408. The van der Waals surface area contributed by atoms with Crippen LogP contribution in [-0.4, -0.2) is 38.9 Å². The highest BCUT2D eigenvalue weighted by Crippen LogP contribution is 2.28. The van der Waals surface area contributed by atoms with Gasteiger partial charge in [-0.1, -0.05) is 25.1 Å². The number of rotatable bonds is 6. The Morgan fingerprint density at radius 1 is 1.35 bits per heavy atom. The average molecular weight is 276 g/mol. The Morgan fingerprint density at radius 2 is 2.15 bits per heavy atom. The Balaban J connectivity index is 2.08. The molecule has 3 heteroatoms. The highest BCUT2D eigenvalue weighted by atomic mass is 16.5. The summed E-state index contributed by atoms with van der Waals surface area (Å²) in [5, 5.41) is 3.59. The van der Waals surface area contributed by atoms with Crippen LogP contribution in [0.2, 0.25) is 0 Å². The van der Waals surface area contributed by atoms with E-state index in [1.807, 2.05) is 0 Å². The van der Waals surface area contributed by atoms with Crippen LogP contribution in [0.25, 0.3) is 0 Å². The summed E-state index contributed by atoms with van der Waals surface area (Å²) < 4.78 is 5.24. The van der Waals surface area contributed by atoms with Crippen molar-refractivity contribution in [3.05, 3.63) is 29.8 Å². The van der Waals surface area contributed by atoms with Crippen LogP contribution in [0.3, 0.4) is 0 Å². The number of piperidine rings is 1. The molecule has 2 atom stereocenters. The summed E-state index contributed by atoms with van der Waals surface area (Å²) in [6.45, 7) is 7.54. The van der Waals surface area contributed by atoms with Crippen molar-refractivity contribution in [2.75, 3.05) is 31.7 Å². The number of hydrogen-bond donors (Lipinski definition) is 1. The number of benzene rings is 1. The normalized spacial score (nSPS) is 23.1. The van der Waals surface area contributed by atoms with E-state index < -0.39 is 0 Å². The lowest BCUT2D eigenvalue weighted by atomic mass is 9.96. The molecule has 0 saturated carbocycles. The predicted molar refractivity (Wildman–Crippen MR) is 85.5 cm³/mol. The van der Waals surface area contributed by atoms with Gasteiger partial charge in [-0.25, -0.2) is 0 Å². The van der Waals surface area contributed by atoms with E-state index in [1.54, 1.807) is 7.11 Å². The van der Waals surface area contributed by atoms with Crippen LogP contribution in [0.15, 0.2) is 24.3 Å². The second-order valence-corrected chi connectivity index (χ2v) is 5.69. The Labute approximate surface area is 123 Å². The molecule has 1 N–H and O–H groups in total. The van der Waals surface area contributed by atoms with Gasteiger partial charge in [-0.2, -0.15) is 0 Å². The third-order valence-electron chi connectivity index (χ3n) is 4.25. The van der Waals surface area contributed by atoms with Crippen LogP contribution in [0, 0.1) is 0 Å². The quantitative estimate of drug-likeness (QED) is 0.864. The zero-order chi connectivity index (χ0) is 14.4. The van der Waals surface area contributed by atoms with Crippen LogP contribution in [-0.2, 0) is 11.2 Å². The fourth-order valence-electron chi connectivity index (χ4n) is 3.22. The predicted octanol–water partition coefficient (Wildman–Crippen LogP) is 2.84. The number of nitrogens with zero attached hydrogens (tertiary/aromatic N) is 1. The maximum atomic E-state index is 5.24. The van der Waals surface area contributed by atoms with Gasteiger partial charge in [0.1, 0.15) is 0 Å². The van der Waals surface area contributed by atoms with Crippen molar-refractivity contribution in [2.24, 2.45) is 0 Å². The van der Waals surface area contributed by atoms with E-state index in [2.05, 4.69) is 48.3 Å². The Kier molecular flexibility index (Phi) is 5.86. The first-order chi connectivity index (χ1) is 9.76. The minimum absolute atomic E-state index is 0.594. The summed E-state index contributed by atoms with van der Waals surface area (Å²) in [6.07, 6.45) is 3.45. The first kappa shape index (κ1) is 15.3. The smallest absolute Gasteiger partial charge is 0.0503 e. The van der Waals surface area contributed by atoms with Crippen molar-refractivity contribution in [3.63, 3.8) is 0 Å². The van der Waals surface area contributed by atoms with Crippen molar-refractivity contribution in [1.29, 1.82) is 0 Å². The molecule has 1 aromatic rings. The maximum Gasteiger partial charge on any atom is 0.0503 e.